The summed E-state index contributed by atoms with van der Waals surface area (Å²) in [5, 5.41) is 10.4. The van der Waals surface area contributed by atoms with Crippen LogP contribution in [0.5, 0.6) is 11.5 Å². The van der Waals surface area contributed by atoms with Crippen molar-refractivity contribution >= 4 is 28.2 Å². The third-order valence-electron chi connectivity index (χ3n) is 4.33. The quantitative estimate of drug-likeness (QED) is 0.540. The first-order valence-electron chi connectivity index (χ1n) is 8.22. The van der Waals surface area contributed by atoms with Crippen LogP contribution in [0.3, 0.4) is 0 Å². The topological polar surface area (TPSA) is 61.5 Å². The third kappa shape index (κ3) is 2.54. The van der Waals surface area contributed by atoms with Gasteiger partial charge in [-0.2, -0.15) is 0 Å². The summed E-state index contributed by atoms with van der Waals surface area (Å²) in [6.45, 7) is 2.06. The molecule has 0 amide bonds. The molecular weight excluding hydrogens is 352 g/mol. The number of fused-ring (bicyclic) bond motifs is 3. The minimum Gasteiger partial charge on any atom is -0.493 e. The number of halogens is 1. The minimum absolute atomic E-state index is 0.629. The number of aryl methyl sites for hydroxylation is 1. The van der Waals surface area contributed by atoms with Crippen LogP contribution in [0, 0.1) is 0 Å². The molecule has 0 aliphatic heterocycles. The van der Waals surface area contributed by atoms with Gasteiger partial charge in [-0.1, -0.05) is 18.5 Å². The normalized spacial score (nSPS) is 11.2. The van der Waals surface area contributed by atoms with E-state index in [0.717, 1.165) is 40.2 Å². The Kier molecular flexibility index (Phi) is 4.12. The Bertz CT molecular complexity index is 1110. The van der Waals surface area contributed by atoms with Gasteiger partial charge < -0.3 is 9.47 Å². The van der Waals surface area contributed by atoms with E-state index in [9.17, 15) is 0 Å². The standard InChI is InChI=1S/C19H17ClN4O2/c1-4-17-21-14-10-16(26-3)15(25-2)9-13(14)19-23-22-18(24(17)19)11-5-7-12(20)8-6-11/h5-10H,4H2,1-3H3. The van der Waals surface area contributed by atoms with Gasteiger partial charge in [0.2, 0.25) is 0 Å². The Morgan fingerprint density at radius 2 is 1.69 bits per heavy atom. The molecule has 0 saturated heterocycles. The molecule has 0 N–H and O–H groups in total. The Balaban J connectivity index is 2.06. The van der Waals surface area contributed by atoms with Gasteiger partial charge >= 0.3 is 0 Å². The van der Waals surface area contributed by atoms with Gasteiger partial charge in [0.25, 0.3) is 0 Å². The molecule has 0 saturated carbocycles. The number of ether oxygens (including phenoxy) is 2. The maximum atomic E-state index is 6.01. The lowest BCUT2D eigenvalue weighted by atomic mass is 10.2. The predicted octanol–water partition coefficient (Wildman–Crippen LogP) is 4.18. The first kappa shape index (κ1) is 16.6. The molecule has 0 fully saturated rings. The lowest BCUT2D eigenvalue weighted by Crippen LogP contribution is -2.03. The van der Waals surface area contributed by atoms with Crippen LogP contribution in [-0.4, -0.2) is 33.8 Å². The Morgan fingerprint density at radius 3 is 2.35 bits per heavy atom. The summed E-state index contributed by atoms with van der Waals surface area (Å²) >= 11 is 6.01. The van der Waals surface area contributed by atoms with Crippen molar-refractivity contribution in [1.29, 1.82) is 0 Å². The molecule has 132 valence electrons. The van der Waals surface area contributed by atoms with Crippen molar-refractivity contribution in [3.8, 4) is 22.9 Å². The summed E-state index contributed by atoms with van der Waals surface area (Å²) in [7, 11) is 3.22. The number of rotatable bonds is 4. The molecule has 2 heterocycles. The molecule has 0 aliphatic rings. The van der Waals surface area contributed by atoms with E-state index in [1.807, 2.05) is 40.8 Å². The maximum Gasteiger partial charge on any atom is 0.172 e. The Labute approximate surface area is 155 Å². The molecule has 2 aromatic carbocycles. The van der Waals surface area contributed by atoms with Crippen LogP contribution in [0.25, 0.3) is 27.9 Å². The Hall–Kier alpha value is -2.86. The summed E-state index contributed by atoms with van der Waals surface area (Å²) in [5.41, 5.74) is 2.46. The van der Waals surface area contributed by atoms with E-state index >= 15 is 0 Å². The molecule has 26 heavy (non-hydrogen) atoms. The van der Waals surface area contributed by atoms with Crippen molar-refractivity contribution in [2.24, 2.45) is 0 Å². The van der Waals surface area contributed by atoms with Crippen molar-refractivity contribution in [2.45, 2.75) is 13.3 Å². The number of hydrogen-bond donors (Lipinski definition) is 0. The Morgan fingerprint density at radius 1 is 1.00 bits per heavy atom. The second kappa shape index (κ2) is 6.46. The third-order valence-corrected chi connectivity index (χ3v) is 4.58. The average Bonchev–Trinajstić information content (AvgIpc) is 3.12. The number of hydrogen-bond acceptors (Lipinski definition) is 5. The van der Waals surface area contributed by atoms with Gasteiger partial charge in [-0.3, -0.25) is 4.40 Å². The molecule has 0 bridgehead atoms. The van der Waals surface area contributed by atoms with Gasteiger partial charge in [0.05, 0.1) is 19.7 Å². The summed E-state index contributed by atoms with van der Waals surface area (Å²) in [5.74, 6) is 2.87. The minimum atomic E-state index is 0.629. The van der Waals surface area contributed by atoms with E-state index in [4.69, 9.17) is 26.1 Å². The highest BCUT2D eigenvalue weighted by Crippen LogP contribution is 2.34. The zero-order valence-corrected chi connectivity index (χ0v) is 15.4. The molecular formula is C19H17ClN4O2. The van der Waals surface area contributed by atoms with E-state index in [0.29, 0.717) is 16.5 Å². The monoisotopic (exact) mass is 368 g/mol. The van der Waals surface area contributed by atoms with Gasteiger partial charge in [-0.25, -0.2) is 4.98 Å². The van der Waals surface area contributed by atoms with Crippen LogP contribution >= 0.6 is 11.6 Å². The van der Waals surface area contributed by atoms with Crippen molar-refractivity contribution < 1.29 is 9.47 Å². The number of aromatic nitrogens is 4. The molecule has 2 aromatic heterocycles. The van der Waals surface area contributed by atoms with Crippen molar-refractivity contribution in [3.05, 3.63) is 47.2 Å². The fourth-order valence-corrected chi connectivity index (χ4v) is 3.18. The highest BCUT2D eigenvalue weighted by Gasteiger charge is 2.17. The van der Waals surface area contributed by atoms with Crippen LogP contribution in [0.15, 0.2) is 36.4 Å². The largest absolute Gasteiger partial charge is 0.493 e. The van der Waals surface area contributed by atoms with E-state index in [1.54, 1.807) is 14.2 Å². The van der Waals surface area contributed by atoms with Crippen molar-refractivity contribution in [2.75, 3.05) is 14.2 Å². The number of methoxy groups -OCH3 is 2. The summed E-state index contributed by atoms with van der Waals surface area (Å²) in [6.07, 6.45) is 0.736. The molecule has 0 radical (unpaired) electrons. The van der Waals surface area contributed by atoms with Gasteiger partial charge in [-0.15, -0.1) is 10.2 Å². The van der Waals surface area contributed by atoms with Gasteiger partial charge in [0.15, 0.2) is 23.0 Å². The first-order chi connectivity index (χ1) is 12.7. The number of benzene rings is 2. The summed E-state index contributed by atoms with van der Waals surface area (Å²) in [4.78, 5) is 4.80. The first-order valence-corrected chi connectivity index (χ1v) is 8.59. The molecule has 6 nitrogen and oxygen atoms in total. The molecule has 0 aliphatic carbocycles. The van der Waals surface area contributed by atoms with E-state index in [2.05, 4.69) is 17.1 Å². The van der Waals surface area contributed by atoms with E-state index in [-0.39, 0.29) is 0 Å². The molecule has 4 rings (SSSR count). The van der Waals surface area contributed by atoms with Crippen LogP contribution in [0.4, 0.5) is 0 Å². The average molecular weight is 369 g/mol. The van der Waals surface area contributed by atoms with Crippen LogP contribution in [-0.2, 0) is 6.42 Å². The molecule has 4 aromatic rings. The van der Waals surface area contributed by atoms with Crippen molar-refractivity contribution in [3.63, 3.8) is 0 Å². The SMILES string of the molecule is CCc1nc2cc(OC)c(OC)cc2c2nnc(-c3ccc(Cl)cc3)n12. The van der Waals surface area contributed by atoms with Gasteiger partial charge in [-0.05, 0) is 30.3 Å². The fourth-order valence-electron chi connectivity index (χ4n) is 3.06. The van der Waals surface area contributed by atoms with Crippen LogP contribution in [0.1, 0.15) is 12.7 Å². The smallest absolute Gasteiger partial charge is 0.172 e. The van der Waals surface area contributed by atoms with E-state index < -0.39 is 0 Å². The second-order valence-corrected chi connectivity index (χ2v) is 6.23. The second-order valence-electron chi connectivity index (χ2n) is 5.80. The predicted molar refractivity (Wildman–Crippen MR) is 101 cm³/mol. The lowest BCUT2D eigenvalue weighted by molar-refractivity contribution is 0.356. The van der Waals surface area contributed by atoms with Gasteiger partial charge in [0.1, 0.15) is 5.82 Å². The highest BCUT2D eigenvalue weighted by atomic mass is 35.5. The van der Waals surface area contributed by atoms with Crippen molar-refractivity contribution in [1.82, 2.24) is 19.6 Å². The summed E-state index contributed by atoms with van der Waals surface area (Å²) in [6, 6.07) is 11.3. The molecule has 0 atom stereocenters. The van der Waals surface area contributed by atoms with Gasteiger partial charge in [0, 0.05) is 28.5 Å². The maximum absolute atomic E-state index is 6.01. The molecule has 0 unspecified atom stereocenters. The highest BCUT2D eigenvalue weighted by molar-refractivity contribution is 6.30. The zero-order chi connectivity index (χ0) is 18.3. The molecule has 0 spiro atoms. The molecule has 7 heteroatoms. The summed E-state index contributed by atoms with van der Waals surface area (Å²) < 4.78 is 12.8. The number of nitrogens with zero attached hydrogens (tertiary/aromatic N) is 4. The lowest BCUT2D eigenvalue weighted by Gasteiger charge is -2.12. The zero-order valence-electron chi connectivity index (χ0n) is 14.7. The van der Waals surface area contributed by atoms with E-state index in [1.165, 1.54) is 0 Å². The van der Waals surface area contributed by atoms with Crippen LogP contribution in [0.2, 0.25) is 5.02 Å². The van der Waals surface area contributed by atoms with Crippen LogP contribution < -0.4 is 9.47 Å². The fraction of sp³-hybridized carbons (Fsp3) is 0.211.